The minimum absolute atomic E-state index is 0.0159. The van der Waals surface area contributed by atoms with E-state index in [9.17, 15) is 9.59 Å². The van der Waals surface area contributed by atoms with Crippen molar-refractivity contribution in [2.24, 2.45) is 0 Å². The molecule has 5 aromatic rings. The molecule has 0 radical (unpaired) electrons. The number of carbonyl (C=O) groups excluding carboxylic acids is 1. The Hall–Kier alpha value is -4.64. The number of para-hydroxylation sites is 1. The van der Waals surface area contributed by atoms with Crippen LogP contribution in [-0.4, -0.2) is 47.2 Å². The number of methoxy groups -OCH3 is 2. The van der Waals surface area contributed by atoms with Crippen LogP contribution in [0.5, 0.6) is 23.0 Å². The van der Waals surface area contributed by atoms with E-state index in [2.05, 4.69) is 10.3 Å². The number of fused-ring (bicyclic) bond motifs is 4. The minimum Gasteiger partial charge on any atom is -0.493 e. The normalized spacial score (nSPS) is 12.2. The highest BCUT2D eigenvalue weighted by atomic mass is 32.2. The number of nitrogens with zero attached hydrogens (tertiary/aromatic N) is 2. The number of ether oxygens (including phenoxy) is 4. The third-order valence-electron chi connectivity index (χ3n) is 6.11. The maximum Gasteiger partial charge on any atom is 0.283 e. The first kappa shape index (κ1) is 23.7. The fraction of sp³-hybridized carbons (Fsp3) is 0.148. The lowest BCUT2D eigenvalue weighted by Crippen LogP contribution is -2.23. The van der Waals surface area contributed by atoms with Crippen molar-refractivity contribution >= 4 is 45.3 Å². The largest absolute Gasteiger partial charge is 0.493 e. The minimum atomic E-state index is -0.294. The Balaban J connectivity index is 1.38. The van der Waals surface area contributed by atoms with Gasteiger partial charge in [0, 0.05) is 28.7 Å². The average molecular weight is 531 g/mol. The molecule has 0 unspecified atom stereocenters. The van der Waals surface area contributed by atoms with E-state index in [0.29, 0.717) is 50.6 Å². The van der Waals surface area contributed by atoms with Gasteiger partial charge in [-0.1, -0.05) is 30.0 Å². The smallest absolute Gasteiger partial charge is 0.283 e. The predicted octanol–water partition coefficient (Wildman–Crippen LogP) is 4.34. The van der Waals surface area contributed by atoms with E-state index in [1.165, 1.54) is 11.7 Å². The van der Waals surface area contributed by atoms with Crippen LogP contribution >= 0.6 is 11.8 Å². The third-order valence-corrected chi connectivity index (χ3v) is 7.05. The van der Waals surface area contributed by atoms with Crippen molar-refractivity contribution in [3.8, 4) is 28.7 Å². The number of hydrogen-bond donors (Lipinski definition) is 2. The molecule has 1 aliphatic rings. The number of nitrogens with one attached hydrogen (secondary N) is 2. The van der Waals surface area contributed by atoms with Crippen molar-refractivity contribution in [2.75, 3.05) is 32.1 Å². The van der Waals surface area contributed by atoms with E-state index < -0.39 is 0 Å². The molecule has 10 nitrogen and oxygen atoms in total. The van der Waals surface area contributed by atoms with E-state index in [-0.39, 0.29) is 24.0 Å². The second-order valence-corrected chi connectivity index (χ2v) is 9.32. The molecule has 3 aromatic carbocycles. The van der Waals surface area contributed by atoms with Crippen molar-refractivity contribution in [3.63, 3.8) is 0 Å². The Bertz CT molecular complexity index is 1760. The first-order valence-electron chi connectivity index (χ1n) is 11.6. The summed E-state index contributed by atoms with van der Waals surface area (Å²) in [6.45, 7) is 0.151. The van der Waals surface area contributed by atoms with Crippen LogP contribution in [0.25, 0.3) is 27.6 Å². The van der Waals surface area contributed by atoms with Crippen LogP contribution in [0, 0.1) is 0 Å². The zero-order valence-electron chi connectivity index (χ0n) is 20.4. The Morgan fingerprint density at radius 1 is 1.05 bits per heavy atom. The van der Waals surface area contributed by atoms with Crippen LogP contribution in [0.15, 0.2) is 70.6 Å². The number of H-pyrrole nitrogens is 1. The van der Waals surface area contributed by atoms with Gasteiger partial charge in [0.05, 0.1) is 25.7 Å². The molecule has 0 aliphatic carbocycles. The van der Waals surface area contributed by atoms with Crippen LogP contribution in [0.4, 0.5) is 5.69 Å². The van der Waals surface area contributed by atoms with Crippen LogP contribution in [0.1, 0.15) is 0 Å². The van der Waals surface area contributed by atoms with E-state index in [1.807, 2.05) is 24.3 Å². The van der Waals surface area contributed by atoms with Gasteiger partial charge in [-0.2, -0.15) is 0 Å². The number of thioether (sulfide) groups is 1. The van der Waals surface area contributed by atoms with Gasteiger partial charge in [-0.15, -0.1) is 0 Å². The third kappa shape index (κ3) is 4.16. The molecule has 0 saturated carbocycles. The quantitative estimate of drug-likeness (QED) is 0.236. The molecular formula is C27H22N4O6S. The SMILES string of the molecule is COc1ccc(-n2c(SCC(=O)Nc3ccc4c(c3)OCO4)nc3c([nH]c4ccccc43)c2=O)cc1OC. The van der Waals surface area contributed by atoms with Gasteiger partial charge < -0.3 is 29.2 Å². The molecular weight excluding hydrogens is 508 g/mol. The predicted molar refractivity (Wildman–Crippen MR) is 144 cm³/mol. The number of hydrogen-bond acceptors (Lipinski definition) is 8. The zero-order chi connectivity index (χ0) is 26.2. The second-order valence-electron chi connectivity index (χ2n) is 8.37. The Morgan fingerprint density at radius 2 is 1.87 bits per heavy atom. The van der Waals surface area contributed by atoms with Gasteiger partial charge in [0.25, 0.3) is 5.56 Å². The maximum absolute atomic E-state index is 13.8. The number of amides is 1. The highest BCUT2D eigenvalue weighted by Gasteiger charge is 2.20. The summed E-state index contributed by atoms with van der Waals surface area (Å²) < 4.78 is 23.0. The molecule has 0 saturated heterocycles. The lowest BCUT2D eigenvalue weighted by atomic mass is 10.2. The molecule has 3 heterocycles. The van der Waals surface area contributed by atoms with Gasteiger partial charge in [-0.25, -0.2) is 4.98 Å². The molecule has 38 heavy (non-hydrogen) atoms. The number of carbonyl (C=O) groups is 1. The van der Waals surface area contributed by atoms with E-state index in [4.69, 9.17) is 23.9 Å². The molecule has 11 heteroatoms. The van der Waals surface area contributed by atoms with Gasteiger partial charge in [-0.05, 0) is 30.3 Å². The number of anilines is 1. The highest BCUT2D eigenvalue weighted by molar-refractivity contribution is 7.99. The highest BCUT2D eigenvalue weighted by Crippen LogP contribution is 2.35. The summed E-state index contributed by atoms with van der Waals surface area (Å²) in [6, 6.07) is 17.9. The molecule has 0 bridgehead atoms. The van der Waals surface area contributed by atoms with Crippen LogP contribution in [-0.2, 0) is 4.79 Å². The van der Waals surface area contributed by atoms with Crippen LogP contribution in [0.3, 0.4) is 0 Å². The Morgan fingerprint density at radius 3 is 2.71 bits per heavy atom. The molecule has 0 fully saturated rings. The molecule has 0 atom stereocenters. The number of aromatic nitrogens is 3. The number of aromatic amines is 1. The van der Waals surface area contributed by atoms with Crippen LogP contribution in [0.2, 0.25) is 0 Å². The van der Waals surface area contributed by atoms with Gasteiger partial charge in [0.1, 0.15) is 11.0 Å². The van der Waals surface area contributed by atoms with Crippen molar-refractivity contribution in [2.45, 2.75) is 5.16 Å². The topological polar surface area (TPSA) is 117 Å². The molecule has 2 N–H and O–H groups in total. The molecule has 1 aliphatic heterocycles. The standard InChI is InChI=1S/C27H22N4O6S/c1-34-19-10-8-16(12-21(19)35-2)31-26(33)25-24(17-5-3-4-6-18(17)29-25)30-27(31)38-13-23(32)28-15-7-9-20-22(11-15)37-14-36-20/h3-12,29H,13-14H2,1-2H3,(H,28,32). The zero-order valence-corrected chi connectivity index (χ0v) is 21.3. The molecule has 6 rings (SSSR count). The van der Waals surface area contributed by atoms with E-state index in [0.717, 1.165) is 22.7 Å². The first-order valence-corrected chi connectivity index (χ1v) is 12.6. The van der Waals surface area contributed by atoms with E-state index >= 15 is 0 Å². The van der Waals surface area contributed by atoms with Gasteiger partial charge in [0.15, 0.2) is 28.2 Å². The Kier molecular flexibility index (Phi) is 6.04. The van der Waals surface area contributed by atoms with Gasteiger partial charge in [0.2, 0.25) is 12.7 Å². The van der Waals surface area contributed by atoms with Gasteiger partial charge in [-0.3, -0.25) is 14.2 Å². The number of benzene rings is 3. The van der Waals surface area contributed by atoms with Crippen LogP contribution < -0.4 is 29.8 Å². The summed E-state index contributed by atoms with van der Waals surface area (Å²) in [5.74, 6) is 1.95. The summed E-state index contributed by atoms with van der Waals surface area (Å²) >= 11 is 1.16. The first-order chi connectivity index (χ1) is 18.6. The lowest BCUT2D eigenvalue weighted by Gasteiger charge is -2.14. The Labute approximate surface area is 220 Å². The summed E-state index contributed by atoms with van der Waals surface area (Å²) in [5.41, 5.74) is 2.53. The van der Waals surface area contributed by atoms with Crippen molar-refractivity contribution in [3.05, 3.63) is 71.0 Å². The lowest BCUT2D eigenvalue weighted by molar-refractivity contribution is -0.113. The number of rotatable bonds is 7. The van der Waals surface area contributed by atoms with E-state index in [1.54, 1.807) is 43.5 Å². The average Bonchev–Trinajstić information content (AvgIpc) is 3.56. The fourth-order valence-electron chi connectivity index (χ4n) is 4.33. The van der Waals surface area contributed by atoms with Crippen molar-refractivity contribution in [1.29, 1.82) is 0 Å². The van der Waals surface area contributed by atoms with Crippen molar-refractivity contribution < 1.29 is 23.7 Å². The molecule has 192 valence electrons. The molecule has 2 aromatic heterocycles. The summed E-state index contributed by atoms with van der Waals surface area (Å²) in [6.07, 6.45) is 0. The van der Waals surface area contributed by atoms with Crippen molar-refractivity contribution in [1.82, 2.24) is 14.5 Å². The second kappa shape index (κ2) is 9.67. The summed E-state index contributed by atoms with van der Waals surface area (Å²) in [4.78, 5) is 34.7. The van der Waals surface area contributed by atoms with Gasteiger partial charge >= 0.3 is 0 Å². The maximum atomic E-state index is 13.8. The molecule has 1 amide bonds. The molecule has 0 spiro atoms. The summed E-state index contributed by atoms with van der Waals surface area (Å²) in [7, 11) is 3.07. The monoisotopic (exact) mass is 530 g/mol. The fourth-order valence-corrected chi connectivity index (χ4v) is 5.14. The summed E-state index contributed by atoms with van der Waals surface area (Å²) in [5, 5.41) is 4.04.